The topological polar surface area (TPSA) is 60.2 Å². The lowest BCUT2D eigenvalue weighted by atomic mass is 9.84. The van der Waals surface area contributed by atoms with E-state index in [0.717, 1.165) is 17.5 Å². The highest BCUT2D eigenvalue weighted by atomic mass is 32.2. The molecule has 2 saturated carbocycles. The molecule has 5 rings (SSSR count). The smallest absolute Gasteiger partial charge is 0.237 e. The average molecular weight is 495 g/mol. The summed E-state index contributed by atoms with van der Waals surface area (Å²) in [5, 5.41) is 9.57. The number of nitrogens with zero attached hydrogens (tertiary/aromatic N) is 4. The zero-order valence-corrected chi connectivity index (χ0v) is 21.0. The summed E-state index contributed by atoms with van der Waals surface area (Å²) in [6.07, 6.45) is 5.14. The number of carbonyl (C=O) groups is 1. The Bertz CT molecular complexity index is 1170. The Morgan fingerprint density at radius 3 is 2.63 bits per heavy atom. The molecule has 6 nitrogen and oxygen atoms in total. The number of para-hydroxylation sites is 2. The number of halogens is 1. The molecule has 1 heterocycles. The van der Waals surface area contributed by atoms with Gasteiger partial charge in [-0.25, -0.2) is 4.39 Å². The van der Waals surface area contributed by atoms with Crippen molar-refractivity contribution >= 4 is 23.4 Å². The number of hydrogen-bond donors (Lipinski definition) is 0. The van der Waals surface area contributed by atoms with Gasteiger partial charge in [0.1, 0.15) is 6.61 Å². The van der Waals surface area contributed by atoms with Crippen molar-refractivity contribution in [2.24, 2.45) is 17.8 Å². The number of ether oxygens (including phenoxy) is 1. The second-order valence-electron chi connectivity index (χ2n) is 9.64. The Morgan fingerprint density at radius 2 is 1.91 bits per heavy atom. The van der Waals surface area contributed by atoms with E-state index in [0.29, 0.717) is 16.9 Å². The Labute approximate surface area is 209 Å². The third kappa shape index (κ3) is 5.08. The van der Waals surface area contributed by atoms with Gasteiger partial charge in [-0.1, -0.05) is 48.5 Å². The molecule has 1 amide bonds. The predicted molar refractivity (Wildman–Crippen MR) is 135 cm³/mol. The first-order valence-corrected chi connectivity index (χ1v) is 13.3. The molecular weight excluding hydrogens is 463 g/mol. The molecule has 8 heteroatoms. The van der Waals surface area contributed by atoms with Crippen LogP contribution in [0.2, 0.25) is 0 Å². The molecule has 2 aromatic carbocycles. The van der Waals surface area contributed by atoms with Crippen molar-refractivity contribution in [3.63, 3.8) is 0 Å². The van der Waals surface area contributed by atoms with E-state index in [9.17, 15) is 9.18 Å². The molecule has 0 unspecified atom stereocenters. The van der Waals surface area contributed by atoms with Crippen molar-refractivity contribution in [1.29, 1.82) is 0 Å². The second kappa shape index (κ2) is 10.4. The van der Waals surface area contributed by atoms with Gasteiger partial charge in [0.25, 0.3) is 0 Å². The van der Waals surface area contributed by atoms with Crippen LogP contribution in [0.3, 0.4) is 0 Å². The standard InChI is InChI=1S/C27H31FN4O2S/c1-18(22-15-19-12-13-20(22)14-19)32-25(16-34-24-11-7-6-10-23(24)28)29-30-27(32)35-17-26(33)31(2)21-8-4-3-5-9-21/h3-11,18-20,22H,12-17H2,1-2H3/t18-,19+,20+,22+/m1/s1. The average Bonchev–Trinajstić information content (AvgIpc) is 3.62. The van der Waals surface area contributed by atoms with Gasteiger partial charge in [0.05, 0.1) is 5.75 Å². The van der Waals surface area contributed by atoms with E-state index in [1.165, 1.54) is 43.5 Å². The van der Waals surface area contributed by atoms with Crippen LogP contribution in [-0.2, 0) is 11.4 Å². The van der Waals surface area contributed by atoms with E-state index >= 15 is 0 Å². The van der Waals surface area contributed by atoms with E-state index in [1.54, 1.807) is 30.1 Å². The van der Waals surface area contributed by atoms with E-state index < -0.39 is 5.82 Å². The summed E-state index contributed by atoms with van der Waals surface area (Å²) in [6.45, 7) is 2.35. The van der Waals surface area contributed by atoms with Crippen molar-refractivity contribution in [3.8, 4) is 5.75 Å². The van der Waals surface area contributed by atoms with E-state index in [1.807, 2.05) is 30.3 Å². The summed E-state index contributed by atoms with van der Waals surface area (Å²) in [5.41, 5.74) is 0.855. The summed E-state index contributed by atoms with van der Waals surface area (Å²) in [6, 6.07) is 16.2. The van der Waals surface area contributed by atoms with Crippen LogP contribution in [0.4, 0.5) is 10.1 Å². The molecule has 4 atom stereocenters. The summed E-state index contributed by atoms with van der Waals surface area (Å²) >= 11 is 1.40. The van der Waals surface area contributed by atoms with E-state index in [-0.39, 0.29) is 30.1 Å². The summed E-state index contributed by atoms with van der Waals surface area (Å²) in [7, 11) is 1.79. The quantitative estimate of drug-likeness (QED) is 0.355. The molecule has 0 N–H and O–H groups in total. The van der Waals surface area contributed by atoms with Crippen LogP contribution in [0, 0.1) is 23.6 Å². The number of benzene rings is 2. The van der Waals surface area contributed by atoms with Gasteiger partial charge in [-0.2, -0.15) is 0 Å². The van der Waals surface area contributed by atoms with Crippen molar-refractivity contribution < 1.29 is 13.9 Å². The summed E-state index contributed by atoms with van der Waals surface area (Å²) < 4.78 is 22.0. The first-order valence-electron chi connectivity index (χ1n) is 12.3. The Balaban J connectivity index is 1.34. The van der Waals surface area contributed by atoms with Crippen LogP contribution in [0.15, 0.2) is 59.8 Å². The molecule has 3 aromatic rings. The number of amides is 1. The third-order valence-electron chi connectivity index (χ3n) is 7.59. The highest BCUT2D eigenvalue weighted by Gasteiger charge is 2.43. The maximum Gasteiger partial charge on any atom is 0.237 e. The van der Waals surface area contributed by atoms with Crippen molar-refractivity contribution in [2.75, 3.05) is 17.7 Å². The molecular formula is C27H31FN4O2S. The van der Waals surface area contributed by atoms with E-state index in [4.69, 9.17) is 4.74 Å². The Kier molecular flexibility index (Phi) is 7.09. The fraction of sp³-hybridized carbons (Fsp3) is 0.444. The third-order valence-corrected chi connectivity index (χ3v) is 8.52. The van der Waals surface area contributed by atoms with Gasteiger partial charge < -0.3 is 9.64 Å². The minimum absolute atomic E-state index is 0.00696. The molecule has 0 saturated heterocycles. The SMILES string of the molecule is C[C@H]([C@@H]1C[C@H]2CC[C@H]1C2)n1c(COc2ccccc2F)nnc1SCC(=O)N(C)c1ccccc1. The van der Waals surface area contributed by atoms with Crippen LogP contribution in [-0.4, -0.2) is 33.5 Å². The monoisotopic (exact) mass is 494 g/mol. The Morgan fingerprint density at radius 1 is 1.14 bits per heavy atom. The molecule has 2 aliphatic rings. The largest absolute Gasteiger partial charge is 0.483 e. The minimum atomic E-state index is -0.399. The molecule has 2 fully saturated rings. The lowest BCUT2D eigenvalue weighted by Gasteiger charge is -2.30. The lowest BCUT2D eigenvalue weighted by Crippen LogP contribution is -2.28. The van der Waals surface area contributed by atoms with Crippen molar-refractivity contribution in [1.82, 2.24) is 14.8 Å². The zero-order valence-electron chi connectivity index (χ0n) is 20.1. The number of rotatable bonds is 9. The molecule has 0 spiro atoms. The van der Waals surface area contributed by atoms with Gasteiger partial charge in [-0.05, 0) is 68.2 Å². The number of anilines is 1. The number of fused-ring (bicyclic) bond motifs is 2. The molecule has 0 radical (unpaired) electrons. The van der Waals surface area contributed by atoms with E-state index in [2.05, 4.69) is 21.7 Å². The summed E-state index contributed by atoms with van der Waals surface area (Å²) in [4.78, 5) is 14.6. The normalized spacial score (nSPS) is 21.7. The molecule has 2 bridgehead atoms. The summed E-state index contributed by atoms with van der Waals surface area (Å²) in [5.74, 6) is 2.80. The molecule has 1 aromatic heterocycles. The van der Waals surface area contributed by atoms with Crippen LogP contribution in [0.5, 0.6) is 5.75 Å². The Hall–Kier alpha value is -2.87. The predicted octanol–water partition coefficient (Wildman–Crippen LogP) is 5.75. The first kappa shape index (κ1) is 23.9. The lowest BCUT2D eigenvalue weighted by molar-refractivity contribution is -0.115. The van der Waals surface area contributed by atoms with Crippen molar-refractivity contribution in [3.05, 3.63) is 66.2 Å². The maximum absolute atomic E-state index is 14.1. The van der Waals surface area contributed by atoms with Gasteiger partial charge in [0.15, 0.2) is 22.5 Å². The molecule has 2 aliphatic carbocycles. The maximum atomic E-state index is 14.1. The van der Waals surface area contributed by atoms with Crippen molar-refractivity contribution in [2.45, 2.75) is 50.4 Å². The molecule has 35 heavy (non-hydrogen) atoms. The number of carbonyl (C=O) groups excluding carboxylic acids is 1. The first-order chi connectivity index (χ1) is 17.0. The van der Waals surface area contributed by atoms with Gasteiger partial charge in [-0.15, -0.1) is 10.2 Å². The number of hydrogen-bond acceptors (Lipinski definition) is 5. The molecule has 0 aliphatic heterocycles. The second-order valence-corrected chi connectivity index (χ2v) is 10.6. The fourth-order valence-electron chi connectivity index (χ4n) is 5.71. The minimum Gasteiger partial charge on any atom is -0.483 e. The van der Waals surface area contributed by atoms with Crippen LogP contribution in [0.1, 0.15) is 44.5 Å². The van der Waals surface area contributed by atoms with Gasteiger partial charge in [-0.3, -0.25) is 9.36 Å². The van der Waals surface area contributed by atoms with Crippen LogP contribution < -0.4 is 9.64 Å². The molecule has 184 valence electrons. The van der Waals surface area contributed by atoms with Crippen LogP contribution >= 0.6 is 11.8 Å². The highest BCUT2D eigenvalue weighted by molar-refractivity contribution is 7.99. The highest BCUT2D eigenvalue weighted by Crippen LogP contribution is 2.52. The van der Waals surface area contributed by atoms with Gasteiger partial charge >= 0.3 is 0 Å². The van der Waals surface area contributed by atoms with Gasteiger partial charge in [0.2, 0.25) is 5.91 Å². The zero-order chi connectivity index (χ0) is 24.4. The van der Waals surface area contributed by atoms with Crippen LogP contribution in [0.25, 0.3) is 0 Å². The number of aromatic nitrogens is 3. The number of thioether (sulfide) groups is 1. The fourth-order valence-corrected chi connectivity index (χ4v) is 6.67. The van der Waals surface area contributed by atoms with Gasteiger partial charge in [0, 0.05) is 18.8 Å².